The number of anilines is 4. The summed E-state index contributed by atoms with van der Waals surface area (Å²) in [7, 11) is 3.90. The molecule has 0 spiro atoms. The minimum atomic E-state index is -1.26. The number of aromatic nitrogens is 2. The summed E-state index contributed by atoms with van der Waals surface area (Å²) in [6.07, 6.45) is 5.85. The Morgan fingerprint density at radius 3 is 2.19 bits per heavy atom. The number of rotatable bonds is 11. The van der Waals surface area contributed by atoms with E-state index in [1.165, 1.54) is 0 Å². The summed E-state index contributed by atoms with van der Waals surface area (Å²) in [5.74, 6) is -1.34. The van der Waals surface area contributed by atoms with Gasteiger partial charge in [0, 0.05) is 88.5 Å². The van der Waals surface area contributed by atoms with Gasteiger partial charge in [-0.1, -0.05) is 6.92 Å². The maximum absolute atomic E-state index is 12.3. The Kier molecular flexibility index (Phi) is 13.3. The molecule has 0 radical (unpaired) electrons. The number of benzene rings is 1. The summed E-state index contributed by atoms with van der Waals surface area (Å²) in [6, 6.07) is 6.93. The number of piperazine rings is 1. The molecular weight excluding hydrogens is 620 g/mol. The van der Waals surface area contributed by atoms with Crippen molar-refractivity contribution in [3.8, 4) is 5.75 Å². The third-order valence-electron chi connectivity index (χ3n) is 8.77. The Morgan fingerprint density at radius 2 is 1.62 bits per heavy atom. The van der Waals surface area contributed by atoms with Gasteiger partial charge >= 0.3 is 11.9 Å². The molecule has 3 fully saturated rings. The first-order valence-corrected chi connectivity index (χ1v) is 16.4. The van der Waals surface area contributed by atoms with Crippen LogP contribution in [-0.2, 0) is 20.7 Å². The number of carboxylic acid groups (broad SMARTS) is 2. The number of aryl methyl sites for hydroxylation is 1. The number of ether oxygens (including phenoxy) is 2. The number of aliphatic carboxylic acids is 2. The van der Waals surface area contributed by atoms with E-state index in [2.05, 4.69) is 43.4 Å². The average molecular weight is 669 g/mol. The van der Waals surface area contributed by atoms with Gasteiger partial charge in [0.25, 0.3) is 5.91 Å². The van der Waals surface area contributed by atoms with Crippen LogP contribution in [0.4, 0.5) is 23.0 Å². The van der Waals surface area contributed by atoms with Gasteiger partial charge in [-0.25, -0.2) is 19.6 Å². The highest BCUT2D eigenvalue weighted by molar-refractivity contribution is 5.96. The fraction of sp³-hybridized carbons (Fsp3) is 0.545. The Bertz CT molecular complexity index is 1420. The van der Waals surface area contributed by atoms with Crippen LogP contribution in [0.25, 0.3) is 0 Å². The highest BCUT2D eigenvalue weighted by Crippen LogP contribution is 2.35. The van der Waals surface area contributed by atoms with Crippen molar-refractivity contribution in [1.82, 2.24) is 19.8 Å². The second-order valence-electron chi connectivity index (χ2n) is 12.0. The van der Waals surface area contributed by atoms with Crippen LogP contribution < -0.4 is 26.0 Å². The van der Waals surface area contributed by atoms with E-state index in [-0.39, 0.29) is 11.7 Å². The number of nitrogens with zero attached hydrogens (tertiary/aromatic N) is 5. The topological polar surface area (TPSA) is 196 Å². The number of amides is 1. The number of nitrogens with one attached hydrogen (secondary N) is 2. The quantitative estimate of drug-likeness (QED) is 0.219. The number of hydrogen-bond donors (Lipinski definition) is 5. The second-order valence-corrected chi connectivity index (χ2v) is 12.0. The van der Waals surface area contributed by atoms with Gasteiger partial charge in [0.15, 0.2) is 17.3 Å². The molecule has 1 aromatic carbocycles. The van der Waals surface area contributed by atoms with Gasteiger partial charge in [-0.2, -0.15) is 0 Å². The van der Waals surface area contributed by atoms with Gasteiger partial charge < -0.3 is 45.9 Å². The van der Waals surface area contributed by atoms with Crippen LogP contribution >= 0.6 is 0 Å². The fourth-order valence-corrected chi connectivity index (χ4v) is 6.08. The van der Waals surface area contributed by atoms with E-state index < -0.39 is 17.8 Å². The highest BCUT2D eigenvalue weighted by atomic mass is 16.5. The molecule has 0 aliphatic carbocycles. The van der Waals surface area contributed by atoms with Crippen LogP contribution in [0.3, 0.4) is 0 Å². The molecule has 262 valence electrons. The summed E-state index contributed by atoms with van der Waals surface area (Å²) < 4.78 is 11.3. The standard InChI is InChI=1S/C29H44N8O3.C4H4O4/c1-4-23-28(31-20-9-17-40-18-10-20)34-29(26(33-23)27(30)38)32-21-5-6-24(25(19-21)39-3)37-11-7-22(8-12-37)36-15-13-35(2)14-16-36;5-3(6)1-2-4(7)8/h5-6,19-20,22H,4,7-18H2,1-3H3,(H2,30,38)(H2,31,32,34);1-2H,(H,5,6)(H,7,8). The third kappa shape index (κ3) is 10.3. The molecule has 3 saturated heterocycles. The van der Waals surface area contributed by atoms with Crippen molar-refractivity contribution < 1.29 is 34.1 Å². The largest absolute Gasteiger partial charge is 0.495 e. The smallest absolute Gasteiger partial charge is 0.328 e. The lowest BCUT2D eigenvalue weighted by Crippen LogP contribution is -2.52. The van der Waals surface area contributed by atoms with E-state index in [1.54, 1.807) is 7.11 Å². The van der Waals surface area contributed by atoms with Crippen molar-refractivity contribution in [3.05, 3.63) is 41.7 Å². The lowest BCUT2D eigenvalue weighted by atomic mass is 10.0. The number of carboxylic acids is 2. The molecular formula is C33H48N8O7. The minimum absolute atomic E-state index is 0.128. The van der Waals surface area contributed by atoms with E-state index in [0.717, 1.165) is 101 Å². The normalized spacial score (nSPS) is 18.2. The van der Waals surface area contributed by atoms with Gasteiger partial charge in [0.1, 0.15) is 5.75 Å². The molecule has 1 amide bonds. The third-order valence-corrected chi connectivity index (χ3v) is 8.77. The van der Waals surface area contributed by atoms with Gasteiger partial charge in [-0.15, -0.1) is 0 Å². The summed E-state index contributed by atoms with van der Waals surface area (Å²) in [6.45, 7) is 10.0. The van der Waals surface area contributed by atoms with Gasteiger partial charge in [-0.05, 0) is 51.3 Å². The van der Waals surface area contributed by atoms with Gasteiger partial charge in [-0.3, -0.25) is 9.69 Å². The fourth-order valence-electron chi connectivity index (χ4n) is 6.08. The number of hydrogen-bond acceptors (Lipinski definition) is 12. The summed E-state index contributed by atoms with van der Waals surface area (Å²) in [4.78, 5) is 48.3. The molecule has 0 bridgehead atoms. The predicted octanol–water partition coefficient (Wildman–Crippen LogP) is 2.41. The molecule has 0 saturated carbocycles. The van der Waals surface area contributed by atoms with Gasteiger partial charge in [0.05, 0.1) is 18.5 Å². The lowest BCUT2D eigenvalue weighted by molar-refractivity contribution is -0.134. The number of methoxy groups -OCH3 is 1. The molecule has 15 nitrogen and oxygen atoms in total. The molecule has 2 aromatic rings. The molecule has 0 atom stereocenters. The molecule has 0 unspecified atom stereocenters. The molecule has 4 heterocycles. The first-order chi connectivity index (χ1) is 23.1. The van der Waals surface area contributed by atoms with E-state index in [9.17, 15) is 14.4 Å². The zero-order chi connectivity index (χ0) is 34.6. The van der Waals surface area contributed by atoms with Crippen molar-refractivity contribution in [1.29, 1.82) is 0 Å². The Labute approximate surface area is 281 Å². The maximum atomic E-state index is 12.3. The number of nitrogens with two attached hydrogens (primary N) is 1. The van der Waals surface area contributed by atoms with E-state index in [1.807, 2.05) is 19.1 Å². The molecule has 48 heavy (non-hydrogen) atoms. The van der Waals surface area contributed by atoms with Crippen molar-refractivity contribution in [2.75, 3.05) is 82.2 Å². The van der Waals surface area contributed by atoms with Crippen LogP contribution in [0, 0.1) is 0 Å². The van der Waals surface area contributed by atoms with Crippen LogP contribution in [-0.4, -0.2) is 127 Å². The summed E-state index contributed by atoms with van der Waals surface area (Å²) in [5.41, 5.74) is 8.40. The molecule has 3 aliphatic rings. The average Bonchev–Trinajstić information content (AvgIpc) is 3.08. The number of likely N-dealkylation sites (N-methyl/N-ethyl adjacent to an activating group) is 1. The molecule has 6 N–H and O–H groups in total. The second kappa shape index (κ2) is 17.6. The van der Waals surface area contributed by atoms with Crippen LogP contribution in [0.1, 0.15) is 48.8 Å². The van der Waals surface area contributed by atoms with E-state index >= 15 is 0 Å². The van der Waals surface area contributed by atoms with Gasteiger partial charge in [0.2, 0.25) is 0 Å². The number of carbonyl (C=O) groups excluding carboxylic acids is 1. The zero-order valence-corrected chi connectivity index (χ0v) is 28.0. The summed E-state index contributed by atoms with van der Waals surface area (Å²) in [5, 5.41) is 22.4. The number of primary amides is 1. The maximum Gasteiger partial charge on any atom is 0.328 e. The van der Waals surface area contributed by atoms with Crippen molar-refractivity contribution >= 4 is 40.9 Å². The molecule has 5 rings (SSSR count). The molecule has 3 aliphatic heterocycles. The Morgan fingerprint density at radius 1 is 0.979 bits per heavy atom. The number of piperidine rings is 1. The Balaban J connectivity index is 0.000000579. The van der Waals surface area contributed by atoms with Crippen molar-refractivity contribution in [3.63, 3.8) is 0 Å². The van der Waals surface area contributed by atoms with Crippen molar-refractivity contribution in [2.45, 2.75) is 51.1 Å². The highest BCUT2D eigenvalue weighted by Gasteiger charge is 2.28. The first kappa shape index (κ1) is 36.4. The van der Waals surface area contributed by atoms with Crippen LogP contribution in [0.2, 0.25) is 0 Å². The SMILES string of the molecule is CCc1nc(C(N)=O)c(Nc2ccc(N3CCC(N4CCN(C)CC4)CC3)c(OC)c2)nc1NC1CCOCC1.O=C(O)C=CC(=O)O. The van der Waals surface area contributed by atoms with E-state index in [0.29, 0.717) is 36.3 Å². The molecule has 1 aromatic heterocycles. The monoisotopic (exact) mass is 668 g/mol. The van der Waals surface area contributed by atoms with E-state index in [4.69, 9.17) is 30.4 Å². The lowest BCUT2D eigenvalue weighted by Gasteiger charge is -2.42. The summed E-state index contributed by atoms with van der Waals surface area (Å²) >= 11 is 0. The minimum Gasteiger partial charge on any atom is -0.495 e. The first-order valence-electron chi connectivity index (χ1n) is 16.4. The predicted molar refractivity (Wildman–Crippen MR) is 182 cm³/mol. The van der Waals surface area contributed by atoms with Crippen molar-refractivity contribution in [2.24, 2.45) is 5.73 Å². The van der Waals surface area contributed by atoms with Crippen LogP contribution in [0.15, 0.2) is 30.4 Å². The zero-order valence-electron chi connectivity index (χ0n) is 28.0. The Hall–Kier alpha value is -4.47. The number of carbonyl (C=O) groups is 3. The molecule has 15 heteroatoms. The van der Waals surface area contributed by atoms with Crippen LogP contribution in [0.5, 0.6) is 5.75 Å².